The van der Waals surface area contributed by atoms with Crippen LogP contribution >= 0.6 is 0 Å². The number of H-pyrrole nitrogens is 1. The van der Waals surface area contributed by atoms with E-state index in [-0.39, 0.29) is 12.3 Å². The number of carboxylic acid groups (broad SMARTS) is 2. The van der Waals surface area contributed by atoms with Gasteiger partial charge in [-0.2, -0.15) is 0 Å². The molecule has 0 aliphatic rings. The first-order valence-corrected chi connectivity index (χ1v) is 13.0. The van der Waals surface area contributed by atoms with Crippen molar-refractivity contribution in [2.24, 2.45) is 17.6 Å². The maximum absolute atomic E-state index is 13.4. The second-order valence-electron chi connectivity index (χ2n) is 10.2. The van der Waals surface area contributed by atoms with Crippen LogP contribution in [0.4, 0.5) is 0 Å². The number of aromatic nitrogens is 1. The van der Waals surface area contributed by atoms with Crippen LogP contribution in [0, 0.1) is 11.8 Å². The summed E-state index contributed by atoms with van der Waals surface area (Å²) in [7, 11) is 0. The number of hydrogen-bond donors (Lipinski definition) is 7. The number of aromatic amines is 1. The van der Waals surface area contributed by atoms with Crippen molar-refractivity contribution in [3.05, 3.63) is 36.0 Å². The molecule has 0 spiro atoms. The van der Waals surface area contributed by atoms with Crippen molar-refractivity contribution in [2.75, 3.05) is 0 Å². The minimum atomic E-state index is -1.58. The minimum absolute atomic E-state index is 0.0298. The number of carboxylic acids is 2. The van der Waals surface area contributed by atoms with Crippen molar-refractivity contribution in [2.45, 2.75) is 77.5 Å². The highest BCUT2D eigenvalue weighted by molar-refractivity contribution is 5.96. The summed E-state index contributed by atoms with van der Waals surface area (Å²) in [6.07, 6.45) is 1.77. The maximum atomic E-state index is 13.4. The van der Waals surface area contributed by atoms with Crippen molar-refractivity contribution < 1.29 is 34.2 Å². The number of nitrogens with one attached hydrogen (secondary N) is 4. The van der Waals surface area contributed by atoms with Gasteiger partial charge < -0.3 is 36.9 Å². The number of rotatable bonds is 15. The van der Waals surface area contributed by atoms with Crippen molar-refractivity contribution in [1.29, 1.82) is 0 Å². The molecule has 5 unspecified atom stereocenters. The van der Waals surface area contributed by atoms with Gasteiger partial charge in [0.25, 0.3) is 0 Å². The average Bonchev–Trinajstić information content (AvgIpc) is 3.27. The fraction of sp³-hybridized carbons (Fsp3) is 0.519. The Morgan fingerprint density at radius 3 is 2.13 bits per heavy atom. The summed E-state index contributed by atoms with van der Waals surface area (Å²) in [5.41, 5.74) is 7.56. The van der Waals surface area contributed by atoms with Crippen LogP contribution in [0.15, 0.2) is 30.5 Å². The molecule has 0 saturated carbocycles. The molecule has 2 rings (SSSR count). The number of carbonyl (C=O) groups excluding carboxylic acids is 3. The minimum Gasteiger partial charge on any atom is -0.481 e. The Balaban J connectivity index is 2.32. The van der Waals surface area contributed by atoms with Gasteiger partial charge in [-0.3, -0.25) is 19.2 Å². The van der Waals surface area contributed by atoms with Crippen LogP contribution in [-0.4, -0.2) is 69.0 Å². The first-order valence-electron chi connectivity index (χ1n) is 13.0. The molecule has 1 aromatic carbocycles. The van der Waals surface area contributed by atoms with E-state index in [0.29, 0.717) is 18.4 Å². The van der Waals surface area contributed by atoms with Gasteiger partial charge in [0.1, 0.15) is 18.1 Å². The largest absolute Gasteiger partial charge is 0.481 e. The Labute approximate surface area is 227 Å². The normalized spacial score (nSPS) is 15.1. The molecular weight excluding hydrogens is 506 g/mol. The van der Waals surface area contributed by atoms with Crippen LogP contribution < -0.4 is 21.7 Å². The SMILES string of the molecule is CCC(C)C(NC(=O)C(CC(=O)O)NC(=O)C(Cc1c[nH]c2ccccc12)NC(=O)C(N)CC(C)C)C(=O)O. The van der Waals surface area contributed by atoms with E-state index in [9.17, 15) is 34.2 Å². The second-order valence-corrected chi connectivity index (χ2v) is 10.2. The second kappa shape index (κ2) is 14.3. The molecule has 0 aliphatic carbocycles. The van der Waals surface area contributed by atoms with Gasteiger partial charge >= 0.3 is 11.9 Å². The number of fused-ring (bicyclic) bond motifs is 1. The Hall–Kier alpha value is -3.93. The number of hydrogen-bond acceptors (Lipinski definition) is 6. The van der Waals surface area contributed by atoms with E-state index in [1.165, 1.54) is 0 Å². The standard InChI is InChI=1S/C27H39N5O7/c1-5-15(4)23(27(38)39)32-26(37)21(12-22(33)34)31-25(36)20(30-24(35)18(28)10-14(2)3)11-16-13-29-19-9-7-6-8-17(16)19/h6-9,13-15,18,20-21,23,29H,5,10-12,28H2,1-4H3,(H,30,35)(H,31,36)(H,32,37)(H,33,34)(H,38,39). The Bertz CT molecular complexity index is 1180. The van der Waals surface area contributed by atoms with E-state index in [1.807, 2.05) is 38.1 Å². The van der Waals surface area contributed by atoms with E-state index in [0.717, 1.165) is 10.9 Å². The summed E-state index contributed by atoms with van der Waals surface area (Å²) in [6.45, 7) is 7.20. The number of nitrogens with two attached hydrogens (primary N) is 1. The van der Waals surface area contributed by atoms with Crippen molar-refractivity contribution in [3.63, 3.8) is 0 Å². The van der Waals surface area contributed by atoms with Gasteiger partial charge in [0.15, 0.2) is 0 Å². The zero-order chi connectivity index (χ0) is 29.3. The maximum Gasteiger partial charge on any atom is 0.326 e. The first kappa shape index (κ1) is 31.3. The van der Waals surface area contributed by atoms with Gasteiger partial charge in [0, 0.05) is 23.5 Å². The highest BCUT2D eigenvalue weighted by Crippen LogP contribution is 2.19. The van der Waals surface area contributed by atoms with Crippen molar-refractivity contribution >= 4 is 40.6 Å². The molecule has 39 heavy (non-hydrogen) atoms. The smallest absolute Gasteiger partial charge is 0.326 e. The number of carbonyl (C=O) groups is 5. The van der Waals surface area contributed by atoms with Gasteiger partial charge in [0.2, 0.25) is 17.7 Å². The van der Waals surface area contributed by atoms with Crippen LogP contribution in [0.1, 0.15) is 52.5 Å². The van der Waals surface area contributed by atoms with Crippen LogP contribution in [0.2, 0.25) is 0 Å². The predicted molar refractivity (Wildman–Crippen MR) is 145 cm³/mol. The van der Waals surface area contributed by atoms with Crippen molar-refractivity contribution in [1.82, 2.24) is 20.9 Å². The quantitative estimate of drug-likeness (QED) is 0.172. The van der Waals surface area contributed by atoms with Gasteiger partial charge in [-0.15, -0.1) is 0 Å². The highest BCUT2D eigenvalue weighted by Gasteiger charge is 2.33. The van der Waals surface area contributed by atoms with E-state index < -0.39 is 66.2 Å². The van der Waals surface area contributed by atoms with Crippen LogP contribution in [0.25, 0.3) is 10.9 Å². The fourth-order valence-corrected chi connectivity index (χ4v) is 4.22. The first-order chi connectivity index (χ1) is 18.3. The zero-order valence-corrected chi connectivity index (χ0v) is 22.7. The molecule has 1 heterocycles. The molecule has 0 saturated heterocycles. The lowest BCUT2D eigenvalue weighted by atomic mass is 9.98. The molecule has 3 amide bonds. The van der Waals surface area contributed by atoms with Gasteiger partial charge in [-0.05, 0) is 29.9 Å². The molecular formula is C27H39N5O7. The lowest BCUT2D eigenvalue weighted by Gasteiger charge is -2.26. The third-order valence-corrected chi connectivity index (χ3v) is 6.58. The summed E-state index contributed by atoms with van der Waals surface area (Å²) < 4.78 is 0. The Morgan fingerprint density at radius 2 is 1.54 bits per heavy atom. The fourth-order valence-electron chi connectivity index (χ4n) is 4.22. The third kappa shape index (κ3) is 9.10. The van der Waals surface area contributed by atoms with E-state index in [1.54, 1.807) is 20.0 Å². The van der Waals surface area contributed by atoms with Gasteiger partial charge in [-0.25, -0.2) is 4.79 Å². The van der Waals surface area contributed by atoms with E-state index >= 15 is 0 Å². The molecule has 5 atom stereocenters. The zero-order valence-electron chi connectivity index (χ0n) is 22.7. The molecule has 1 aromatic heterocycles. The summed E-state index contributed by atoms with van der Waals surface area (Å²) in [5.74, 6) is -5.28. The molecule has 0 aliphatic heterocycles. The molecule has 2 aromatic rings. The Kier molecular flexibility index (Phi) is 11.5. The summed E-state index contributed by atoms with van der Waals surface area (Å²) in [6, 6.07) is 2.46. The van der Waals surface area contributed by atoms with Gasteiger partial charge in [0.05, 0.1) is 12.5 Å². The van der Waals surface area contributed by atoms with E-state index in [4.69, 9.17) is 5.73 Å². The summed E-state index contributed by atoms with van der Waals surface area (Å²) in [5, 5.41) is 27.1. The van der Waals surface area contributed by atoms with E-state index in [2.05, 4.69) is 20.9 Å². The number of benzene rings is 1. The number of aliphatic carboxylic acids is 2. The van der Waals surface area contributed by atoms with Gasteiger partial charge in [-0.1, -0.05) is 52.3 Å². The molecule has 12 heteroatoms. The summed E-state index contributed by atoms with van der Waals surface area (Å²) >= 11 is 0. The molecule has 0 fully saturated rings. The molecule has 214 valence electrons. The Morgan fingerprint density at radius 1 is 0.923 bits per heavy atom. The lowest BCUT2D eigenvalue weighted by Crippen LogP contribution is -2.58. The topological polar surface area (TPSA) is 204 Å². The highest BCUT2D eigenvalue weighted by atomic mass is 16.4. The average molecular weight is 546 g/mol. The van der Waals surface area contributed by atoms with Crippen LogP contribution in [-0.2, 0) is 30.4 Å². The summed E-state index contributed by atoms with van der Waals surface area (Å²) in [4.78, 5) is 65.5. The number of amides is 3. The third-order valence-electron chi connectivity index (χ3n) is 6.58. The monoisotopic (exact) mass is 545 g/mol. The molecule has 0 bridgehead atoms. The van der Waals surface area contributed by atoms with Crippen LogP contribution in [0.3, 0.4) is 0 Å². The van der Waals surface area contributed by atoms with Crippen molar-refractivity contribution in [3.8, 4) is 0 Å². The number of para-hydroxylation sites is 1. The molecule has 0 radical (unpaired) electrons. The molecule has 12 nitrogen and oxygen atoms in total. The lowest BCUT2D eigenvalue weighted by molar-refractivity contribution is -0.144. The molecule has 8 N–H and O–H groups in total. The van der Waals surface area contributed by atoms with Crippen LogP contribution in [0.5, 0.6) is 0 Å². The predicted octanol–water partition coefficient (Wildman–Crippen LogP) is 1.14.